The van der Waals surface area contributed by atoms with Gasteiger partial charge in [0, 0.05) is 22.3 Å². The maximum Gasteiger partial charge on any atom is 0.193 e. The number of benzene rings is 4. The van der Waals surface area contributed by atoms with Crippen LogP contribution in [0.5, 0.6) is 0 Å². The van der Waals surface area contributed by atoms with E-state index in [4.69, 9.17) is 0 Å². The monoisotopic (exact) mass is 331 g/mol. The van der Waals surface area contributed by atoms with E-state index in [-0.39, 0.29) is 5.78 Å². The maximum absolute atomic E-state index is 12.4. The molecule has 0 aliphatic rings. The van der Waals surface area contributed by atoms with Crippen LogP contribution < -0.4 is 0 Å². The highest BCUT2D eigenvalue weighted by Crippen LogP contribution is 2.17. The van der Waals surface area contributed by atoms with Crippen LogP contribution in [0.3, 0.4) is 0 Å². The summed E-state index contributed by atoms with van der Waals surface area (Å²) in [6.07, 6.45) is 0. The van der Waals surface area contributed by atoms with E-state index in [1.165, 1.54) is 5.39 Å². The third kappa shape index (κ3) is 3.27. The van der Waals surface area contributed by atoms with Gasteiger partial charge in [-0.1, -0.05) is 78.6 Å². The highest BCUT2D eigenvalue weighted by Gasteiger charge is 2.08. The Bertz CT molecular complexity index is 1120. The van der Waals surface area contributed by atoms with Crippen LogP contribution in [0.4, 0.5) is 0 Å². The van der Waals surface area contributed by atoms with Crippen molar-refractivity contribution in [1.82, 2.24) is 0 Å². The van der Waals surface area contributed by atoms with Crippen LogP contribution in [0, 0.1) is 17.9 Å². The highest BCUT2D eigenvalue weighted by atomic mass is 16.1. The Kier molecular flexibility index (Phi) is 4.33. The Morgan fingerprint density at radius 3 is 2.31 bits per heavy atom. The molecule has 0 unspecified atom stereocenters. The van der Waals surface area contributed by atoms with Crippen molar-refractivity contribution < 1.29 is 4.79 Å². The Morgan fingerprint density at radius 2 is 1.50 bits per heavy atom. The zero-order chi connectivity index (χ0) is 17.8. The van der Waals surface area contributed by atoms with Crippen molar-refractivity contribution in [3.05, 3.63) is 119 Å². The van der Waals surface area contributed by atoms with E-state index in [1.807, 2.05) is 60.7 Å². The van der Waals surface area contributed by atoms with Crippen LogP contribution in [0.1, 0.15) is 27.0 Å². The summed E-state index contributed by atoms with van der Waals surface area (Å²) in [6.45, 7) is 0. The van der Waals surface area contributed by atoms with Crippen molar-refractivity contribution in [2.75, 3.05) is 0 Å². The summed E-state index contributed by atoms with van der Waals surface area (Å²) in [4.78, 5) is 12.4. The van der Waals surface area contributed by atoms with Gasteiger partial charge in [0.05, 0.1) is 0 Å². The minimum Gasteiger partial charge on any atom is -0.289 e. The first-order chi connectivity index (χ1) is 12.8. The van der Waals surface area contributed by atoms with Gasteiger partial charge in [0.15, 0.2) is 5.78 Å². The number of rotatable bonds is 2. The van der Waals surface area contributed by atoms with Crippen molar-refractivity contribution in [1.29, 1.82) is 0 Å². The van der Waals surface area contributed by atoms with Gasteiger partial charge in [-0.2, -0.15) is 0 Å². The molecule has 0 fully saturated rings. The molecule has 0 saturated carbocycles. The standard InChI is InChI=1S/C25H15O/c26-25(22-8-2-1-3-9-22)23-17-14-19(15-18-23)13-16-21-11-6-10-20-7-4-5-12-24(20)21/h1-12,14-15,17H. The minimum atomic E-state index is -0.0286. The van der Waals surface area contributed by atoms with Gasteiger partial charge in [0.1, 0.15) is 0 Å². The summed E-state index contributed by atoms with van der Waals surface area (Å²) in [5.41, 5.74) is 3.04. The van der Waals surface area contributed by atoms with Crippen molar-refractivity contribution in [3.63, 3.8) is 0 Å². The number of carbonyl (C=O) groups excluding carboxylic acids is 1. The smallest absolute Gasteiger partial charge is 0.193 e. The highest BCUT2D eigenvalue weighted by molar-refractivity contribution is 6.08. The van der Waals surface area contributed by atoms with Gasteiger partial charge < -0.3 is 0 Å². The number of fused-ring (bicyclic) bond motifs is 1. The summed E-state index contributed by atoms with van der Waals surface area (Å²) >= 11 is 0. The first-order valence-corrected chi connectivity index (χ1v) is 8.42. The normalized spacial score (nSPS) is 10.2. The Morgan fingerprint density at radius 1 is 0.731 bits per heavy atom. The van der Waals surface area contributed by atoms with Gasteiger partial charge in [-0.15, -0.1) is 0 Å². The predicted octanol–water partition coefficient (Wildman–Crippen LogP) is 5.27. The molecule has 26 heavy (non-hydrogen) atoms. The van der Waals surface area contributed by atoms with Crippen molar-refractivity contribution in [2.24, 2.45) is 0 Å². The lowest BCUT2D eigenvalue weighted by Crippen LogP contribution is -2.00. The van der Waals surface area contributed by atoms with E-state index in [0.29, 0.717) is 11.1 Å². The van der Waals surface area contributed by atoms with Gasteiger partial charge in [-0.3, -0.25) is 4.79 Å². The minimum absolute atomic E-state index is 0.0286. The van der Waals surface area contributed by atoms with Crippen LogP contribution in [0.25, 0.3) is 10.8 Å². The van der Waals surface area contributed by atoms with E-state index >= 15 is 0 Å². The van der Waals surface area contributed by atoms with E-state index < -0.39 is 0 Å². The summed E-state index contributed by atoms with van der Waals surface area (Å²) < 4.78 is 0. The summed E-state index contributed by atoms with van der Waals surface area (Å²) in [6, 6.07) is 32.0. The molecule has 0 heterocycles. The molecule has 0 atom stereocenters. The molecule has 4 rings (SSSR count). The van der Waals surface area contributed by atoms with Gasteiger partial charge in [0.25, 0.3) is 0 Å². The molecular formula is C25H15O. The summed E-state index contributed by atoms with van der Waals surface area (Å²) in [5, 5.41) is 2.32. The Labute approximate surface area is 152 Å². The fraction of sp³-hybridized carbons (Fsp3) is 0. The second kappa shape index (κ2) is 7.09. The summed E-state index contributed by atoms with van der Waals surface area (Å²) in [5.74, 6) is 6.37. The lowest BCUT2D eigenvalue weighted by Gasteiger charge is -2.01. The van der Waals surface area contributed by atoms with E-state index in [2.05, 4.69) is 36.1 Å². The molecule has 121 valence electrons. The van der Waals surface area contributed by atoms with E-state index in [1.54, 1.807) is 12.1 Å². The van der Waals surface area contributed by atoms with Gasteiger partial charge >= 0.3 is 0 Å². The Balaban J connectivity index is 1.61. The first-order valence-electron chi connectivity index (χ1n) is 8.42. The molecule has 0 N–H and O–H groups in total. The first kappa shape index (κ1) is 15.9. The third-order valence-electron chi connectivity index (χ3n) is 4.22. The average molecular weight is 331 g/mol. The second-order valence-corrected chi connectivity index (χ2v) is 5.96. The quantitative estimate of drug-likeness (QED) is 0.361. The molecule has 0 saturated heterocycles. The van der Waals surface area contributed by atoms with Crippen molar-refractivity contribution in [2.45, 2.75) is 0 Å². The van der Waals surface area contributed by atoms with Crippen LogP contribution in [0.2, 0.25) is 0 Å². The molecule has 0 aliphatic carbocycles. The molecule has 1 heteroatoms. The van der Waals surface area contributed by atoms with Crippen molar-refractivity contribution in [3.8, 4) is 11.8 Å². The number of carbonyl (C=O) groups is 1. The lowest BCUT2D eigenvalue weighted by atomic mass is 10.0. The van der Waals surface area contributed by atoms with Gasteiger partial charge in [-0.25, -0.2) is 0 Å². The fourth-order valence-corrected chi connectivity index (χ4v) is 2.86. The van der Waals surface area contributed by atoms with Crippen molar-refractivity contribution >= 4 is 16.6 Å². The summed E-state index contributed by atoms with van der Waals surface area (Å²) in [7, 11) is 0. The zero-order valence-corrected chi connectivity index (χ0v) is 14.1. The zero-order valence-electron chi connectivity index (χ0n) is 14.1. The SMILES string of the molecule is O=C(c1[c]cc(C#Cc2cccc3ccccc23)cc1)c1ccccc1. The van der Waals surface area contributed by atoms with E-state index in [0.717, 1.165) is 16.5 Å². The topological polar surface area (TPSA) is 17.1 Å². The molecule has 0 aromatic heterocycles. The molecule has 1 nitrogen and oxygen atoms in total. The second-order valence-electron chi connectivity index (χ2n) is 5.96. The van der Waals surface area contributed by atoms with E-state index in [9.17, 15) is 4.79 Å². The van der Waals surface area contributed by atoms with Crippen LogP contribution in [-0.2, 0) is 0 Å². The predicted molar refractivity (Wildman–Crippen MR) is 105 cm³/mol. The molecular weight excluding hydrogens is 316 g/mol. The van der Waals surface area contributed by atoms with Gasteiger partial charge in [-0.05, 0) is 41.1 Å². The van der Waals surface area contributed by atoms with Crippen LogP contribution in [-0.4, -0.2) is 5.78 Å². The number of hydrogen-bond donors (Lipinski definition) is 0. The largest absolute Gasteiger partial charge is 0.289 e. The maximum atomic E-state index is 12.4. The molecule has 4 aromatic carbocycles. The molecule has 0 amide bonds. The molecule has 0 aliphatic heterocycles. The Hall–Kier alpha value is -3.63. The third-order valence-corrected chi connectivity index (χ3v) is 4.22. The van der Waals surface area contributed by atoms with Gasteiger partial charge in [0.2, 0.25) is 0 Å². The molecule has 4 aromatic rings. The van der Waals surface area contributed by atoms with Crippen LogP contribution >= 0.6 is 0 Å². The molecule has 0 spiro atoms. The number of ketones is 1. The number of hydrogen-bond acceptors (Lipinski definition) is 1. The average Bonchev–Trinajstić information content (AvgIpc) is 2.73. The molecule has 0 bridgehead atoms. The lowest BCUT2D eigenvalue weighted by molar-refractivity contribution is 0.103. The van der Waals surface area contributed by atoms with Crippen LogP contribution in [0.15, 0.2) is 91.0 Å². The fourth-order valence-electron chi connectivity index (χ4n) is 2.86. The molecule has 1 radical (unpaired) electrons.